The third-order valence-electron chi connectivity index (χ3n) is 2.84. The highest BCUT2D eigenvalue weighted by atomic mass is 32.2. The number of esters is 1. The summed E-state index contributed by atoms with van der Waals surface area (Å²) in [5, 5.41) is 9.75. The van der Waals surface area contributed by atoms with Gasteiger partial charge in [-0.25, -0.2) is 13.2 Å². The number of benzene rings is 1. The largest absolute Gasteiger partial charge is 0.467 e. The molecule has 1 atom stereocenters. The van der Waals surface area contributed by atoms with E-state index in [0.717, 1.165) is 0 Å². The Bertz CT molecular complexity index is 561. The van der Waals surface area contributed by atoms with Gasteiger partial charge in [0.1, 0.15) is 0 Å². The van der Waals surface area contributed by atoms with Gasteiger partial charge in [0.05, 0.1) is 17.8 Å². The van der Waals surface area contributed by atoms with Crippen LogP contribution in [0.25, 0.3) is 0 Å². The summed E-state index contributed by atoms with van der Waals surface area (Å²) in [6.07, 6.45) is -1.11. The molecule has 0 bridgehead atoms. The number of hydrogen-bond acceptors (Lipinski definition) is 5. The number of carbonyl (C=O) groups excluding carboxylic acids is 1. The van der Waals surface area contributed by atoms with E-state index in [1.165, 1.54) is 19.2 Å². The average molecular weight is 256 g/mol. The molecule has 1 N–H and O–H groups in total. The zero-order valence-electron chi connectivity index (χ0n) is 9.21. The normalized spacial score (nSPS) is 18.5. The predicted molar refractivity (Wildman–Crippen MR) is 59.2 cm³/mol. The molecule has 0 fully saturated rings. The van der Waals surface area contributed by atoms with Crippen LogP contribution >= 0.6 is 0 Å². The highest BCUT2D eigenvalue weighted by Crippen LogP contribution is 2.31. The quantitative estimate of drug-likeness (QED) is 0.766. The van der Waals surface area contributed by atoms with Gasteiger partial charge in [0.15, 0.2) is 15.9 Å². The monoisotopic (exact) mass is 256 g/mol. The molecule has 0 saturated heterocycles. The van der Waals surface area contributed by atoms with Gasteiger partial charge in [-0.05, 0) is 23.6 Å². The standard InChI is InChI=1S/C11H12O5S/c1-16-11(13)10(12)8-3-2-4-9-7(8)5-6-17(9,14)15/h2-4,10,12H,5-6H2,1H3. The summed E-state index contributed by atoms with van der Waals surface area (Å²) >= 11 is 0. The maximum absolute atomic E-state index is 11.7. The van der Waals surface area contributed by atoms with Crippen molar-refractivity contribution < 1.29 is 23.1 Å². The maximum atomic E-state index is 11.7. The van der Waals surface area contributed by atoms with Crippen molar-refractivity contribution >= 4 is 15.8 Å². The van der Waals surface area contributed by atoms with Crippen molar-refractivity contribution in [3.8, 4) is 0 Å². The first-order valence-corrected chi connectivity index (χ1v) is 6.73. The van der Waals surface area contributed by atoms with Gasteiger partial charge < -0.3 is 9.84 Å². The highest BCUT2D eigenvalue weighted by Gasteiger charge is 2.31. The Balaban J connectivity index is 2.53. The van der Waals surface area contributed by atoms with Gasteiger partial charge in [0.2, 0.25) is 0 Å². The lowest BCUT2D eigenvalue weighted by molar-refractivity contribution is -0.150. The fourth-order valence-electron chi connectivity index (χ4n) is 1.98. The van der Waals surface area contributed by atoms with Crippen LogP contribution < -0.4 is 0 Å². The summed E-state index contributed by atoms with van der Waals surface area (Å²) in [5.74, 6) is -0.768. The van der Waals surface area contributed by atoms with E-state index in [1.807, 2.05) is 0 Å². The minimum Gasteiger partial charge on any atom is -0.467 e. The molecule has 5 nitrogen and oxygen atoms in total. The summed E-state index contributed by atoms with van der Waals surface area (Å²) < 4.78 is 27.8. The van der Waals surface area contributed by atoms with E-state index >= 15 is 0 Å². The van der Waals surface area contributed by atoms with Crippen LogP contribution in [-0.4, -0.2) is 32.4 Å². The number of aliphatic hydroxyl groups excluding tert-OH is 1. The van der Waals surface area contributed by atoms with Crippen LogP contribution in [-0.2, 0) is 25.8 Å². The van der Waals surface area contributed by atoms with Crippen molar-refractivity contribution in [1.82, 2.24) is 0 Å². The second kappa shape index (κ2) is 4.12. The second-order valence-electron chi connectivity index (χ2n) is 3.82. The third-order valence-corrected chi connectivity index (χ3v) is 4.64. The highest BCUT2D eigenvalue weighted by molar-refractivity contribution is 7.91. The van der Waals surface area contributed by atoms with Crippen LogP contribution in [0.5, 0.6) is 0 Å². The van der Waals surface area contributed by atoms with E-state index in [0.29, 0.717) is 17.5 Å². The fraction of sp³-hybridized carbons (Fsp3) is 0.364. The molecule has 17 heavy (non-hydrogen) atoms. The lowest BCUT2D eigenvalue weighted by Crippen LogP contribution is -2.15. The lowest BCUT2D eigenvalue weighted by Gasteiger charge is -2.12. The molecule has 1 unspecified atom stereocenters. The molecule has 0 aromatic heterocycles. The van der Waals surface area contributed by atoms with E-state index in [-0.39, 0.29) is 10.6 Å². The molecule has 0 saturated carbocycles. The van der Waals surface area contributed by atoms with E-state index < -0.39 is 21.9 Å². The Hall–Kier alpha value is -1.40. The summed E-state index contributed by atoms with van der Waals surface area (Å²) in [7, 11) is -2.09. The Morgan fingerprint density at radius 3 is 2.82 bits per heavy atom. The summed E-state index contributed by atoms with van der Waals surface area (Å²) in [4.78, 5) is 11.5. The van der Waals surface area contributed by atoms with Crippen molar-refractivity contribution in [2.45, 2.75) is 17.4 Å². The molecule has 1 aliphatic heterocycles. The van der Waals surface area contributed by atoms with Crippen LogP contribution in [0.2, 0.25) is 0 Å². The van der Waals surface area contributed by atoms with Gasteiger partial charge >= 0.3 is 5.97 Å². The van der Waals surface area contributed by atoms with Crippen molar-refractivity contribution in [3.05, 3.63) is 29.3 Å². The van der Waals surface area contributed by atoms with Crippen LogP contribution in [0.4, 0.5) is 0 Å². The zero-order chi connectivity index (χ0) is 12.6. The number of methoxy groups -OCH3 is 1. The van der Waals surface area contributed by atoms with Crippen molar-refractivity contribution in [2.24, 2.45) is 0 Å². The molecular weight excluding hydrogens is 244 g/mol. The van der Waals surface area contributed by atoms with Crippen LogP contribution in [0.15, 0.2) is 23.1 Å². The summed E-state index contributed by atoms with van der Waals surface area (Å²) in [5.41, 5.74) is 0.834. The fourth-order valence-corrected chi connectivity index (χ4v) is 3.56. The Kier molecular flexibility index (Phi) is 2.92. The van der Waals surface area contributed by atoms with Crippen molar-refractivity contribution in [1.29, 1.82) is 0 Å². The van der Waals surface area contributed by atoms with E-state index in [9.17, 15) is 18.3 Å². The Morgan fingerprint density at radius 1 is 1.47 bits per heavy atom. The van der Waals surface area contributed by atoms with Crippen LogP contribution in [0.3, 0.4) is 0 Å². The van der Waals surface area contributed by atoms with Crippen LogP contribution in [0, 0.1) is 0 Å². The minimum absolute atomic E-state index is 0.0211. The SMILES string of the molecule is COC(=O)C(O)c1cccc2c1CCS2(=O)=O. The van der Waals surface area contributed by atoms with Gasteiger partial charge in [0, 0.05) is 0 Å². The molecule has 0 radical (unpaired) electrons. The average Bonchev–Trinajstić information content (AvgIpc) is 2.64. The molecule has 92 valence electrons. The first-order chi connectivity index (χ1) is 7.97. The molecule has 0 amide bonds. The molecule has 1 aliphatic rings. The summed E-state index contributed by atoms with van der Waals surface area (Å²) in [6, 6.07) is 4.55. The first kappa shape index (κ1) is 12.1. The van der Waals surface area contributed by atoms with Gasteiger partial charge in [-0.3, -0.25) is 0 Å². The molecule has 0 spiro atoms. The van der Waals surface area contributed by atoms with Gasteiger partial charge in [-0.15, -0.1) is 0 Å². The van der Waals surface area contributed by atoms with Crippen molar-refractivity contribution in [3.63, 3.8) is 0 Å². The summed E-state index contributed by atoms with van der Waals surface area (Å²) in [6.45, 7) is 0. The first-order valence-electron chi connectivity index (χ1n) is 5.08. The topological polar surface area (TPSA) is 80.7 Å². The smallest absolute Gasteiger partial charge is 0.339 e. The minimum atomic E-state index is -3.26. The molecule has 2 rings (SSSR count). The molecule has 1 aromatic carbocycles. The van der Waals surface area contributed by atoms with Crippen molar-refractivity contribution in [2.75, 3.05) is 12.9 Å². The molecule has 0 aliphatic carbocycles. The number of carbonyl (C=O) groups is 1. The molecular formula is C11H12O5S. The number of ether oxygens (including phenoxy) is 1. The van der Waals surface area contributed by atoms with E-state index in [4.69, 9.17) is 0 Å². The number of sulfone groups is 1. The molecule has 1 aromatic rings. The Labute approximate surface area is 98.9 Å². The molecule has 6 heteroatoms. The van der Waals surface area contributed by atoms with Gasteiger partial charge in [-0.2, -0.15) is 0 Å². The van der Waals surface area contributed by atoms with Crippen LogP contribution in [0.1, 0.15) is 17.2 Å². The maximum Gasteiger partial charge on any atom is 0.339 e. The number of rotatable bonds is 2. The molecule has 1 heterocycles. The van der Waals surface area contributed by atoms with E-state index in [1.54, 1.807) is 6.07 Å². The van der Waals surface area contributed by atoms with E-state index in [2.05, 4.69) is 4.74 Å². The predicted octanol–water partition coefficient (Wildman–Crippen LogP) is 0.223. The number of fused-ring (bicyclic) bond motifs is 1. The zero-order valence-corrected chi connectivity index (χ0v) is 10.0. The number of hydrogen-bond donors (Lipinski definition) is 1. The second-order valence-corrected chi connectivity index (χ2v) is 5.90. The Morgan fingerprint density at radius 2 is 2.18 bits per heavy atom. The number of aliphatic hydroxyl groups is 1. The van der Waals surface area contributed by atoms with Gasteiger partial charge in [-0.1, -0.05) is 12.1 Å². The third kappa shape index (κ3) is 1.94. The van der Waals surface area contributed by atoms with Gasteiger partial charge in [0.25, 0.3) is 0 Å². The lowest BCUT2D eigenvalue weighted by atomic mass is 10.0.